The number of halogens is 1. The number of anilines is 1. The van der Waals surface area contributed by atoms with Crippen LogP contribution in [0.4, 0.5) is 5.69 Å². The van der Waals surface area contributed by atoms with Crippen molar-refractivity contribution in [2.75, 3.05) is 12.4 Å². The maximum absolute atomic E-state index is 8.92. The summed E-state index contributed by atoms with van der Waals surface area (Å²) in [4.78, 5) is 0. The molecule has 2 aromatic rings. The summed E-state index contributed by atoms with van der Waals surface area (Å²) in [5.74, 6) is 0.839. The van der Waals surface area contributed by atoms with Crippen LogP contribution in [0.3, 0.4) is 0 Å². The van der Waals surface area contributed by atoms with Gasteiger partial charge in [-0.05, 0) is 35.9 Å². The summed E-state index contributed by atoms with van der Waals surface area (Å²) in [6.07, 6.45) is 0. The molecule has 0 aliphatic carbocycles. The van der Waals surface area contributed by atoms with E-state index in [1.807, 2.05) is 36.4 Å². The number of methoxy groups -OCH3 is 1. The normalized spacial score (nSPS) is 9.74. The minimum Gasteiger partial charge on any atom is -0.497 e. The van der Waals surface area contributed by atoms with Crippen molar-refractivity contribution in [3.63, 3.8) is 0 Å². The second-order valence-electron chi connectivity index (χ2n) is 4.05. The van der Waals surface area contributed by atoms with Gasteiger partial charge in [0, 0.05) is 16.7 Å². The first kappa shape index (κ1) is 13.4. The Hall–Kier alpha value is -1.99. The molecular weight excluding hydrogens is 304 g/mol. The molecule has 2 rings (SSSR count). The molecule has 3 nitrogen and oxygen atoms in total. The SMILES string of the molecule is COc1cccc(CNc2cc(Br)cc(C#N)c2)c1. The highest BCUT2D eigenvalue weighted by Gasteiger charge is 2.00. The van der Waals surface area contributed by atoms with E-state index >= 15 is 0 Å². The maximum Gasteiger partial charge on any atom is 0.119 e. The highest BCUT2D eigenvalue weighted by Crippen LogP contribution is 2.20. The maximum atomic E-state index is 8.92. The van der Waals surface area contributed by atoms with Gasteiger partial charge in [0.25, 0.3) is 0 Å². The molecule has 0 saturated carbocycles. The van der Waals surface area contributed by atoms with Crippen molar-refractivity contribution in [1.29, 1.82) is 5.26 Å². The Bertz CT molecular complexity index is 620. The van der Waals surface area contributed by atoms with Crippen LogP contribution in [0.15, 0.2) is 46.9 Å². The molecule has 4 heteroatoms. The van der Waals surface area contributed by atoms with Crippen LogP contribution in [0.5, 0.6) is 5.75 Å². The van der Waals surface area contributed by atoms with Crippen molar-refractivity contribution >= 4 is 21.6 Å². The standard InChI is InChI=1S/C15H13BrN2O/c1-19-15-4-2-3-11(7-15)10-18-14-6-12(9-17)5-13(16)8-14/h2-8,18H,10H2,1H3. The van der Waals surface area contributed by atoms with E-state index < -0.39 is 0 Å². The lowest BCUT2D eigenvalue weighted by atomic mass is 10.2. The van der Waals surface area contributed by atoms with Crippen LogP contribution >= 0.6 is 15.9 Å². The smallest absolute Gasteiger partial charge is 0.119 e. The van der Waals surface area contributed by atoms with Crippen LogP contribution in [-0.2, 0) is 6.54 Å². The first-order valence-corrected chi connectivity index (χ1v) is 6.58. The molecule has 0 unspecified atom stereocenters. The number of hydrogen-bond donors (Lipinski definition) is 1. The Morgan fingerprint density at radius 2 is 2.11 bits per heavy atom. The Balaban J connectivity index is 2.10. The lowest BCUT2D eigenvalue weighted by molar-refractivity contribution is 0.414. The third kappa shape index (κ3) is 3.73. The number of benzene rings is 2. The molecule has 96 valence electrons. The fourth-order valence-electron chi connectivity index (χ4n) is 1.74. The summed E-state index contributed by atoms with van der Waals surface area (Å²) < 4.78 is 6.07. The van der Waals surface area contributed by atoms with E-state index in [-0.39, 0.29) is 0 Å². The fraction of sp³-hybridized carbons (Fsp3) is 0.133. The van der Waals surface area contributed by atoms with Crippen LogP contribution in [0.25, 0.3) is 0 Å². The van der Waals surface area contributed by atoms with E-state index in [9.17, 15) is 0 Å². The van der Waals surface area contributed by atoms with E-state index in [0.717, 1.165) is 21.5 Å². The molecule has 0 aliphatic heterocycles. The number of rotatable bonds is 4. The molecule has 0 aliphatic rings. The van der Waals surface area contributed by atoms with Crippen LogP contribution < -0.4 is 10.1 Å². The topological polar surface area (TPSA) is 45.0 Å². The van der Waals surface area contributed by atoms with Crippen molar-refractivity contribution in [3.8, 4) is 11.8 Å². The average Bonchev–Trinajstić information content (AvgIpc) is 2.44. The Morgan fingerprint density at radius 3 is 2.84 bits per heavy atom. The molecule has 2 aromatic carbocycles. The van der Waals surface area contributed by atoms with Gasteiger partial charge in [0.15, 0.2) is 0 Å². The summed E-state index contributed by atoms with van der Waals surface area (Å²) in [6.45, 7) is 0.679. The number of ether oxygens (including phenoxy) is 1. The van der Waals surface area contributed by atoms with Crippen LogP contribution in [-0.4, -0.2) is 7.11 Å². The largest absolute Gasteiger partial charge is 0.497 e. The zero-order valence-corrected chi connectivity index (χ0v) is 12.1. The highest BCUT2D eigenvalue weighted by atomic mass is 79.9. The van der Waals surface area contributed by atoms with Gasteiger partial charge in [-0.15, -0.1) is 0 Å². The van der Waals surface area contributed by atoms with Gasteiger partial charge in [0.05, 0.1) is 18.7 Å². The van der Waals surface area contributed by atoms with E-state index in [4.69, 9.17) is 10.00 Å². The molecule has 19 heavy (non-hydrogen) atoms. The first-order chi connectivity index (χ1) is 9.21. The molecule has 0 spiro atoms. The predicted octanol–water partition coefficient (Wildman–Crippen LogP) is 3.94. The Kier molecular flexibility index (Phi) is 4.43. The zero-order chi connectivity index (χ0) is 13.7. The summed E-state index contributed by atoms with van der Waals surface area (Å²) in [5, 5.41) is 12.2. The minimum atomic E-state index is 0.627. The second-order valence-corrected chi connectivity index (χ2v) is 4.96. The molecule has 1 N–H and O–H groups in total. The molecular formula is C15H13BrN2O. The van der Waals surface area contributed by atoms with Gasteiger partial charge in [0.1, 0.15) is 5.75 Å². The van der Waals surface area contributed by atoms with Gasteiger partial charge in [-0.1, -0.05) is 28.1 Å². The van der Waals surface area contributed by atoms with Crippen molar-refractivity contribution in [3.05, 3.63) is 58.1 Å². The van der Waals surface area contributed by atoms with E-state index in [0.29, 0.717) is 12.1 Å². The highest BCUT2D eigenvalue weighted by molar-refractivity contribution is 9.10. The molecule has 0 amide bonds. The van der Waals surface area contributed by atoms with Gasteiger partial charge >= 0.3 is 0 Å². The number of nitrogens with zero attached hydrogens (tertiary/aromatic N) is 1. The summed E-state index contributed by atoms with van der Waals surface area (Å²) >= 11 is 3.39. The quantitative estimate of drug-likeness (QED) is 0.929. The zero-order valence-electron chi connectivity index (χ0n) is 10.5. The molecule has 0 bridgehead atoms. The summed E-state index contributed by atoms with van der Waals surface area (Å²) in [6, 6.07) is 15.6. The van der Waals surface area contributed by atoms with E-state index in [1.165, 1.54) is 0 Å². The van der Waals surface area contributed by atoms with Crippen molar-refractivity contribution in [1.82, 2.24) is 0 Å². The number of hydrogen-bond acceptors (Lipinski definition) is 3. The van der Waals surface area contributed by atoms with Crippen molar-refractivity contribution < 1.29 is 4.74 Å². The van der Waals surface area contributed by atoms with E-state index in [2.05, 4.69) is 27.3 Å². The third-order valence-corrected chi connectivity index (χ3v) is 3.12. The van der Waals surface area contributed by atoms with Gasteiger partial charge in [-0.2, -0.15) is 5.26 Å². The van der Waals surface area contributed by atoms with Gasteiger partial charge < -0.3 is 10.1 Å². The number of nitrogens with one attached hydrogen (secondary N) is 1. The lowest BCUT2D eigenvalue weighted by Gasteiger charge is -2.08. The molecule has 0 saturated heterocycles. The molecule has 0 heterocycles. The molecule has 0 fully saturated rings. The minimum absolute atomic E-state index is 0.627. The summed E-state index contributed by atoms with van der Waals surface area (Å²) in [7, 11) is 1.65. The van der Waals surface area contributed by atoms with E-state index in [1.54, 1.807) is 13.2 Å². The van der Waals surface area contributed by atoms with Crippen molar-refractivity contribution in [2.24, 2.45) is 0 Å². The van der Waals surface area contributed by atoms with Crippen molar-refractivity contribution in [2.45, 2.75) is 6.54 Å². The Labute approximate surface area is 121 Å². The lowest BCUT2D eigenvalue weighted by Crippen LogP contribution is -2.00. The van der Waals surface area contributed by atoms with Crippen LogP contribution in [0.2, 0.25) is 0 Å². The molecule has 0 aromatic heterocycles. The van der Waals surface area contributed by atoms with Gasteiger partial charge in [-0.25, -0.2) is 0 Å². The molecule has 0 radical (unpaired) electrons. The second kappa shape index (κ2) is 6.26. The third-order valence-electron chi connectivity index (χ3n) is 2.66. The molecule has 0 atom stereocenters. The van der Waals surface area contributed by atoms with Gasteiger partial charge in [-0.3, -0.25) is 0 Å². The Morgan fingerprint density at radius 1 is 1.26 bits per heavy atom. The van der Waals surface area contributed by atoms with Crippen LogP contribution in [0.1, 0.15) is 11.1 Å². The number of nitriles is 1. The average molecular weight is 317 g/mol. The van der Waals surface area contributed by atoms with Gasteiger partial charge in [0.2, 0.25) is 0 Å². The fourth-order valence-corrected chi connectivity index (χ4v) is 2.24. The first-order valence-electron chi connectivity index (χ1n) is 5.79. The predicted molar refractivity (Wildman–Crippen MR) is 79.2 cm³/mol. The summed E-state index contributed by atoms with van der Waals surface area (Å²) in [5.41, 5.74) is 2.66. The van der Waals surface area contributed by atoms with Crippen LogP contribution in [0, 0.1) is 11.3 Å². The monoisotopic (exact) mass is 316 g/mol.